The fourth-order valence-corrected chi connectivity index (χ4v) is 1.48. The van der Waals surface area contributed by atoms with Crippen LogP contribution in [0, 0.1) is 5.41 Å². The lowest BCUT2D eigenvalue weighted by Gasteiger charge is -2.38. The third kappa shape index (κ3) is 1.69. The number of rotatable bonds is 4. The molecule has 1 aliphatic heterocycles. The van der Waals surface area contributed by atoms with Crippen molar-refractivity contribution in [3.8, 4) is 0 Å². The predicted molar refractivity (Wildman–Crippen MR) is 46.3 cm³/mol. The number of ether oxygens (including phenoxy) is 2. The van der Waals surface area contributed by atoms with Gasteiger partial charge in [0, 0.05) is 12.6 Å². The summed E-state index contributed by atoms with van der Waals surface area (Å²) in [5.41, 5.74) is -0.392. The first-order chi connectivity index (χ1) is 6.27. The molecule has 0 amide bonds. The van der Waals surface area contributed by atoms with E-state index in [1.54, 1.807) is 0 Å². The highest BCUT2D eigenvalue weighted by Crippen LogP contribution is 2.30. The zero-order valence-electron chi connectivity index (χ0n) is 7.84. The molecule has 4 nitrogen and oxygen atoms in total. The molecule has 2 aliphatic rings. The van der Waals surface area contributed by atoms with Crippen molar-refractivity contribution in [1.82, 2.24) is 5.32 Å². The van der Waals surface area contributed by atoms with Crippen LogP contribution in [0.1, 0.15) is 12.8 Å². The molecule has 74 valence electrons. The molecule has 0 spiro atoms. The monoisotopic (exact) mass is 185 g/mol. The highest BCUT2D eigenvalue weighted by Gasteiger charge is 2.47. The Kier molecular flexibility index (Phi) is 2.26. The summed E-state index contributed by atoms with van der Waals surface area (Å²) in [6, 6.07) is 0.627. The third-order valence-electron chi connectivity index (χ3n) is 2.68. The smallest absolute Gasteiger partial charge is 0.317 e. The normalized spacial score (nSPS) is 25.0. The molecule has 1 heterocycles. The van der Waals surface area contributed by atoms with Gasteiger partial charge in [0.2, 0.25) is 0 Å². The summed E-state index contributed by atoms with van der Waals surface area (Å²) in [5.74, 6) is -0.146. The first-order valence-corrected chi connectivity index (χ1v) is 4.66. The quantitative estimate of drug-likeness (QED) is 0.623. The molecule has 0 aromatic heterocycles. The van der Waals surface area contributed by atoms with Crippen molar-refractivity contribution in [1.29, 1.82) is 0 Å². The van der Waals surface area contributed by atoms with E-state index >= 15 is 0 Å². The lowest BCUT2D eigenvalue weighted by Crippen LogP contribution is -2.55. The van der Waals surface area contributed by atoms with Crippen molar-refractivity contribution < 1.29 is 14.3 Å². The molecular formula is C9H15NO3. The van der Waals surface area contributed by atoms with E-state index in [1.165, 1.54) is 20.0 Å². The molecule has 2 fully saturated rings. The topological polar surface area (TPSA) is 47.6 Å². The van der Waals surface area contributed by atoms with Gasteiger partial charge >= 0.3 is 5.97 Å². The van der Waals surface area contributed by atoms with Gasteiger partial charge in [0.15, 0.2) is 0 Å². The second kappa shape index (κ2) is 3.27. The molecule has 2 rings (SSSR count). The van der Waals surface area contributed by atoms with Crippen molar-refractivity contribution in [3.05, 3.63) is 0 Å². The maximum absolute atomic E-state index is 11.4. The Labute approximate surface area is 77.6 Å². The fraction of sp³-hybridized carbons (Fsp3) is 0.889. The van der Waals surface area contributed by atoms with Crippen LogP contribution in [0.2, 0.25) is 0 Å². The SMILES string of the molecule is COC(=O)C1(CNC2CC2)COC1. The molecule has 1 saturated heterocycles. The summed E-state index contributed by atoms with van der Waals surface area (Å²) in [7, 11) is 1.43. The Morgan fingerprint density at radius 3 is 2.69 bits per heavy atom. The van der Waals surface area contributed by atoms with Gasteiger partial charge in [-0.2, -0.15) is 0 Å². The van der Waals surface area contributed by atoms with Crippen molar-refractivity contribution >= 4 is 5.97 Å². The van der Waals surface area contributed by atoms with Gasteiger partial charge in [-0.05, 0) is 12.8 Å². The van der Waals surface area contributed by atoms with E-state index in [9.17, 15) is 4.79 Å². The minimum absolute atomic E-state index is 0.146. The average Bonchev–Trinajstić information content (AvgIpc) is 2.85. The maximum atomic E-state index is 11.4. The zero-order chi connectivity index (χ0) is 9.31. The van der Waals surface area contributed by atoms with Crippen molar-refractivity contribution in [2.45, 2.75) is 18.9 Å². The molecule has 0 atom stereocenters. The highest BCUT2D eigenvalue weighted by molar-refractivity contribution is 5.78. The molecule has 0 aromatic carbocycles. The molecule has 0 radical (unpaired) electrons. The number of hydrogen-bond acceptors (Lipinski definition) is 4. The van der Waals surface area contributed by atoms with Gasteiger partial charge in [-0.1, -0.05) is 0 Å². The maximum Gasteiger partial charge on any atom is 0.317 e. The molecule has 13 heavy (non-hydrogen) atoms. The van der Waals surface area contributed by atoms with Gasteiger partial charge in [0.25, 0.3) is 0 Å². The summed E-state index contributed by atoms with van der Waals surface area (Å²) in [4.78, 5) is 11.4. The number of esters is 1. The van der Waals surface area contributed by atoms with E-state index in [0.717, 1.165) is 0 Å². The Morgan fingerprint density at radius 2 is 2.31 bits per heavy atom. The number of methoxy groups -OCH3 is 1. The standard InChI is InChI=1S/C9H15NO3/c1-12-8(11)9(5-13-6-9)4-10-7-2-3-7/h7,10H,2-6H2,1H3. The van der Waals surface area contributed by atoms with Gasteiger partial charge < -0.3 is 14.8 Å². The van der Waals surface area contributed by atoms with Gasteiger partial charge in [0.05, 0.1) is 20.3 Å². The van der Waals surface area contributed by atoms with Crippen LogP contribution >= 0.6 is 0 Å². The van der Waals surface area contributed by atoms with Gasteiger partial charge in [-0.15, -0.1) is 0 Å². The van der Waals surface area contributed by atoms with Crippen molar-refractivity contribution in [3.63, 3.8) is 0 Å². The average molecular weight is 185 g/mol. The summed E-state index contributed by atoms with van der Waals surface area (Å²) < 4.78 is 9.82. The number of nitrogens with one attached hydrogen (secondary N) is 1. The minimum atomic E-state index is -0.392. The van der Waals surface area contributed by atoms with Gasteiger partial charge in [-0.3, -0.25) is 4.79 Å². The van der Waals surface area contributed by atoms with E-state index in [2.05, 4.69) is 5.32 Å². The molecular weight excluding hydrogens is 170 g/mol. The fourth-order valence-electron chi connectivity index (χ4n) is 1.48. The van der Waals surface area contributed by atoms with E-state index < -0.39 is 5.41 Å². The minimum Gasteiger partial charge on any atom is -0.468 e. The molecule has 4 heteroatoms. The van der Waals surface area contributed by atoms with Crippen LogP contribution in [0.5, 0.6) is 0 Å². The molecule has 0 aromatic rings. The van der Waals surface area contributed by atoms with Crippen LogP contribution in [0.3, 0.4) is 0 Å². The second-order valence-corrected chi connectivity index (χ2v) is 3.92. The molecule has 1 N–H and O–H groups in total. The summed E-state index contributed by atoms with van der Waals surface area (Å²) in [6.45, 7) is 1.70. The Morgan fingerprint density at radius 1 is 1.62 bits per heavy atom. The van der Waals surface area contributed by atoms with Crippen LogP contribution in [-0.4, -0.2) is 38.9 Å². The predicted octanol–water partition coefficient (Wildman–Crippen LogP) is -0.0720. The van der Waals surface area contributed by atoms with Crippen molar-refractivity contribution in [2.24, 2.45) is 5.41 Å². The summed E-state index contributed by atoms with van der Waals surface area (Å²) in [5, 5.41) is 3.33. The Bertz CT molecular complexity index is 209. The highest BCUT2D eigenvalue weighted by atomic mass is 16.5. The molecule has 0 bridgehead atoms. The van der Waals surface area contributed by atoms with Crippen LogP contribution < -0.4 is 5.32 Å². The first-order valence-electron chi connectivity index (χ1n) is 4.66. The van der Waals surface area contributed by atoms with Gasteiger partial charge in [0.1, 0.15) is 5.41 Å². The van der Waals surface area contributed by atoms with Crippen LogP contribution in [0.15, 0.2) is 0 Å². The van der Waals surface area contributed by atoms with Gasteiger partial charge in [-0.25, -0.2) is 0 Å². The Balaban J connectivity index is 1.85. The first kappa shape index (κ1) is 8.97. The van der Waals surface area contributed by atoms with E-state index in [4.69, 9.17) is 9.47 Å². The zero-order valence-corrected chi connectivity index (χ0v) is 7.84. The number of carbonyl (C=O) groups excluding carboxylic acids is 1. The second-order valence-electron chi connectivity index (χ2n) is 3.92. The largest absolute Gasteiger partial charge is 0.468 e. The molecule has 1 saturated carbocycles. The number of hydrogen-bond donors (Lipinski definition) is 1. The summed E-state index contributed by atoms with van der Waals surface area (Å²) >= 11 is 0. The van der Waals surface area contributed by atoms with E-state index in [1.807, 2.05) is 0 Å². The molecule has 1 aliphatic carbocycles. The summed E-state index contributed by atoms with van der Waals surface area (Å²) in [6.07, 6.45) is 2.47. The molecule has 0 unspecified atom stereocenters. The lowest BCUT2D eigenvalue weighted by molar-refractivity contribution is -0.182. The lowest BCUT2D eigenvalue weighted by atomic mass is 9.86. The number of carbonyl (C=O) groups is 1. The van der Waals surface area contributed by atoms with E-state index in [-0.39, 0.29) is 5.97 Å². The Hall–Kier alpha value is -0.610. The van der Waals surface area contributed by atoms with Crippen LogP contribution in [0.4, 0.5) is 0 Å². The third-order valence-corrected chi connectivity index (χ3v) is 2.68. The van der Waals surface area contributed by atoms with Crippen molar-refractivity contribution in [2.75, 3.05) is 26.9 Å². The van der Waals surface area contributed by atoms with Crippen LogP contribution in [-0.2, 0) is 14.3 Å². The van der Waals surface area contributed by atoms with E-state index in [0.29, 0.717) is 25.8 Å². The van der Waals surface area contributed by atoms with Crippen LogP contribution in [0.25, 0.3) is 0 Å².